The molecule has 1 heterocycles. The van der Waals surface area contributed by atoms with Gasteiger partial charge >= 0.3 is 0 Å². The van der Waals surface area contributed by atoms with Crippen LogP contribution in [-0.2, 0) is 6.54 Å². The lowest BCUT2D eigenvalue weighted by Gasteiger charge is -2.20. The van der Waals surface area contributed by atoms with Gasteiger partial charge in [0.15, 0.2) is 0 Å². The van der Waals surface area contributed by atoms with Crippen LogP contribution in [0, 0.1) is 0 Å². The molecule has 1 aliphatic carbocycles. The third-order valence-corrected chi connectivity index (χ3v) is 3.49. The van der Waals surface area contributed by atoms with Gasteiger partial charge in [-0.25, -0.2) is 0 Å². The molecule has 1 fully saturated rings. The predicted octanol–water partition coefficient (Wildman–Crippen LogP) is 2.99. The van der Waals surface area contributed by atoms with E-state index in [1.165, 1.54) is 51.1 Å². The highest BCUT2D eigenvalue weighted by Crippen LogP contribution is 2.17. The van der Waals surface area contributed by atoms with E-state index in [1.807, 2.05) is 6.07 Å². The van der Waals surface area contributed by atoms with Gasteiger partial charge in [-0.1, -0.05) is 32.1 Å². The minimum Gasteiger partial charge on any atom is -0.506 e. The number of aromatic nitrogens is 1. The molecule has 0 unspecified atom stereocenters. The lowest BCUT2D eigenvalue weighted by Crippen LogP contribution is -2.29. The van der Waals surface area contributed by atoms with Crippen molar-refractivity contribution < 1.29 is 5.11 Å². The second-order valence-corrected chi connectivity index (χ2v) is 4.93. The van der Waals surface area contributed by atoms with Crippen molar-refractivity contribution in [1.82, 2.24) is 10.3 Å². The van der Waals surface area contributed by atoms with E-state index in [4.69, 9.17) is 5.11 Å². The lowest BCUT2D eigenvalue weighted by molar-refractivity contribution is 0.387. The summed E-state index contributed by atoms with van der Waals surface area (Å²) in [7, 11) is 0. The fourth-order valence-corrected chi connectivity index (χ4v) is 2.43. The Bertz CT molecular complexity index is 315. The minimum absolute atomic E-state index is 0.236. The Morgan fingerprint density at radius 1 is 1.12 bits per heavy atom. The number of rotatable bonds is 3. The molecular weight excluding hydrogens is 212 g/mol. The van der Waals surface area contributed by atoms with Crippen molar-refractivity contribution in [3.63, 3.8) is 0 Å². The van der Waals surface area contributed by atoms with E-state index >= 15 is 0 Å². The van der Waals surface area contributed by atoms with Crippen LogP contribution in [0.5, 0.6) is 5.75 Å². The molecule has 1 aromatic rings. The highest BCUT2D eigenvalue weighted by Gasteiger charge is 2.10. The van der Waals surface area contributed by atoms with E-state index in [-0.39, 0.29) is 5.75 Å². The van der Waals surface area contributed by atoms with Crippen molar-refractivity contribution in [2.45, 2.75) is 57.5 Å². The maximum Gasteiger partial charge on any atom is 0.133 e. The molecule has 0 amide bonds. The molecular formula is C14H22N2O. The van der Waals surface area contributed by atoms with E-state index in [0.717, 1.165) is 12.2 Å². The zero-order chi connectivity index (χ0) is 11.9. The molecule has 0 bridgehead atoms. The summed E-state index contributed by atoms with van der Waals surface area (Å²) in [5.41, 5.74) is 1.00. The van der Waals surface area contributed by atoms with Gasteiger partial charge in [-0.15, -0.1) is 0 Å². The number of aromatic hydroxyl groups is 1. The first-order valence-electron chi connectivity index (χ1n) is 6.72. The van der Waals surface area contributed by atoms with E-state index in [9.17, 15) is 0 Å². The Kier molecular flexibility index (Phi) is 4.80. The standard InChI is InChI=1S/C14H22N2O/c17-14-9-8-13(16-11-14)10-15-12-6-4-2-1-3-5-7-12/h8-9,11-12,15,17H,1-7,10H2. The van der Waals surface area contributed by atoms with Gasteiger partial charge in [-0.3, -0.25) is 4.98 Å². The third-order valence-electron chi connectivity index (χ3n) is 3.49. The quantitative estimate of drug-likeness (QED) is 0.845. The van der Waals surface area contributed by atoms with Crippen molar-refractivity contribution >= 4 is 0 Å². The first kappa shape index (κ1) is 12.4. The van der Waals surface area contributed by atoms with Crippen LogP contribution >= 0.6 is 0 Å². The topological polar surface area (TPSA) is 45.1 Å². The maximum atomic E-state index is 9.16. The zero-order valence-corrected chi connectivity index (χ0v) is 10.4. The van der Waals surface area contributed by atoms with Crippen molar-refractivity contribution in [3.05, 3.63) is 24.0 Å². The van der Waals surface area contributed by atoms with Crippen LogP contribution in [0.4, 0.5) is 0 Å². The smallest absolute Gasteiger partial charge is 0.133 e. The van der Waals surface area contributed by atoms with Crippen LogP contribution in [0.2, 0.25) is 0 Å². The molecule has 1 aliphatic rings. The van der Waals surface area contributed by atoms with E-state index in [1.54, 1.807) is 6.07 Å². The molecule has 0 atom stereocenters. The summed E-state index contributed by atoms with van der Waals surface area (Å²) < 4.78 is 0. The number of nitrogens with one attached hydrogen (secondary N) is 1. The van der Waals surface area contributed by atoms with Crippen LogP contribution in [0.3, 0.4) is 0 Å². The van der Waals surface area contributed by atoms with Crippen LogP contribution in [0.25, 0.3) is 0 Å². The lowest BCUT2D eigenvalue weighted by atomic mass is 9.97. The summed E-state index contributed by atoms with van der Waals surface area (Å²) in [5.74, 6) is 0.236. The SMILES string of the molecule is Oc1ccc(CNC2CCCCCCC2)nc1. The van der Waals surface area contributed by atoms with Crippen LogP contribution in [0.15, 0.2) is 18.3 Å². The fraction of sp³-hybridized carbons (Fsp3) is 0.643. The van der Waals surface area contributed by atoms with Crippen molar-refractivity contribution in [1.29, 1.82) is 0 Å². The van der Waals surface area contributed by atoms with Gasteiger partial charge in [-0.05, 0) is 25.0 Å². The highest BCUT2D eigenvalue weighted by atomic mass is 16.3. The van der Waals surface area contributed by atoms with Gasteiger partial charge in [-0.2, -0.15) is 0 Å². The first-order valence-corrected chi connectivity index (χ1v) is 6.72. The van der Waals surface area contributed by atoms with E-state index in [0.29, 0.717) is 6.04 Å². The molecule has 1 aromatic heterocycles. The molecule has 0 radical (unpaired) electrons. The average molecular weight is 234 g/mol. The monoisotopic (exact) mass is 234 g/mol. The number of hydrogen-bond acceptors (Lipinski definition) is 3. The predicted molar refractivity (Wildman–Crippen MR) is 68.8 cm³/mol. The van der Waals surface area contributed by atoms with E-state index in [2.05, 4.69) is 10.3 Å². The summed E-state index contributed by atoms with van der Waals surface area (Å²) in [5, 5.41) is 12.7. The molecule has 3 heteroatoms. The molecule has 17 heavy (non-hydrogen) atoms. The van der Waals surface area contributed by atoms with Crippen molar-refractivity contribution in [3.8, 4) is 5.75 Å². The van der Waals surface area contributed by atoms with Crippen LogP contribution in [0.1, 0.15) is 50.6 Å². The number of nitrogens with zero attached hydrogens (tertiary/aromatic N) is 1. The third kappa shape index (κ3) is 4.35. The second kappa shape index (κ2) is 6.60. The summed E-state index contributed by atoms with van der Waals surface area (Å²) >= 11 is 0. The molecule has 2 rings (SSSR count). The van der Waals surface area contributed by atoms with Crippen molar-refractivity contribution in [2.75, 3.05) is 0 Å². The normalized spacial score (nSPS) is 18.6. The summed E-state index contributed by atoms with van der Waals surface area (Å²) in [6, 6.07) is 4.22. The van der Waals surface area contributed by atoms with Gasteiger partial charge < -0.3 is 10.4 Å². The molecule has 2 N–H and O–H groups in total. The van der Waals surface area contributed by atoms with Crippen LogP contribution in [-0.4, -0.2) is 16.1 Å². The molecule has 0 spiro atoms. The fourth-order valence-electron chi connectivity index (χ4n) is 2.43. The number of pyridine rings is 1. The van der Waals surface area contributed by atoms with E-state index < -0.39 is 0 Å². The van der Waals surface area contributed by atoms with Gasteiger partial charge in [0, 0.05) is 12.6 Å². The molecule has 3 nitrogen and oxygen atoms in total. The largest absolute Gasteiger partial charge is 0.506 e. The molecule has 0 saturated heterocycles. The minimum atomic E-state index is 0.236. The Labute approximate surface area is 103 Å². The van der Waals surface area contributed by atoms with Gasteiger partial charge in [0.05, 0.1) is 11.9 Å². The Morgan fingerprint density at radius 3 is 2.47 bits per heavy atom. The summed E-state index contributed by atoms with van der Waals surface area (Å²) in [6.45, 7) is 0.810. The summed E-state index contributed by atoms with van der Waals surface area (Å²) in [6.07, 6.45) is 11.0. The molecule has 0 aliphatic heterocycles. The molecule has 1 saturated carbocycles. The maximum absolute atomic E-state index is 9.16. The number of hydrogen-bond donors (Lipinski definition) is 2. The average Bonchev–Trinajstić information content (AvgIpc) is 2.30. The van der Waals surface area contributed by atoms with Crippen molar-refractivity contribution in [2.24, 2.45) is 0 Å². The van der Waals surface area contributed by atoms with Crippen LogP contribution < -0.4 is 5.32 Å². The molecule has 94 valence electrons. The highest BCUT2D eigenvalue weighted by molar-refractivity contribution is 5.17. The Morgan fingerprint density at radius 2 is 1.82 bits per heavy atom. The second-order valence-electron chi connectivity index (χ2n) is 4.93. The zero-order valence-electron chi connectivity index (χ0n) is 10.4. The van der Waals surface area contributed by atoms with Gasteiger partial charge in [0.25, 0.3) is 0 Å². The Balaban J connectivity index is 1.77. The van der Waals surface area contributed by atoms with Gasteiger partial charge in [0.2, 0.25) is 0 Å². The molecule has 0 aromatic carbocycles. The summed E-state index contributed by atoms with van der Waals surface area (Å²) in [4.78, 5) is 4.19. The first-order chi connectivity index (χ1) is 8.34. The Hall–Kier alpha value is -1.09. The van der Waals surface area contributed by atoms with Gasteiger partial charge in [0.1, 0.15) is 5.75 Å².